The van der Waals surface area contributed by atoms with Gasteiger partial charge in [-0.1, -0.05) is 41.9 Å². The van der Waals surface area contributed by atoms with Crippen molar-refractivity contribution in [3.05, 3.63) is 123 Å². The van der Waals surface area contributed by atoms with Crippen LogP contribution in [0, 0.1) is 0 Å². The maximum absolute atomic E-state index is 13.2. The lowest BCUT2D eigenvalue weighted by Gasteiger charge is -2.33. The molecule has 4 aromatic rings. The number of amides is 2. The highest BCUT2D eigenvalue weighted by molar-refractivity contribution is 7.91. The van der Waals surface area contributed by atoms with Gasteiger partial charge in [-0.25, -0.2) is 8.42 Å². The summed E-state index contributed by atoms with van der Waals surface area (Å²) in [5, 5.41) is 6.72. The number of carbonyl (C=O) groups is 2. The van der Waals surface area contributed by atoms with Gasteiger partial charge in [-0.05, 0) is 86.0 Å². The molecular formula is C33H34ClF3N4O4S2. The van der Waals surface area contributed by atoms with Crippen LogP contribution >= 0.6 is 22.9 Å². The highest BCUT2D eigenvalue weighted by atomic mass is 35.5. The number of carbonyl (C=O) groups excluding carboxylic acids is 2. The molecule has 1 fully saturated rings. The van der Waals surface area contributed by atoms with Crippen molar-refractivity contribution < 1.29 is 31.2 Å². The molecule has 1 atom stereocenters. The number of benzene rings is 3. The van der Waals surface area contributed by atoms with Crippen LogP contribution < -0.4 is 16.4 Å². The Labute approximate surface area is 280 Å². The van der Waals surface area contributed by atoms with Gasteiger partial charge < -0.3 is 16.4 Å². The number of nitrogens with two attached hydrogens (primary N) is 1. The number of nitrogens with zero attached hydrogens (tertiary/aromatic N) is 1. The molecule has 0 radical (unpaired) electrons. The molecule has 1 saturated heterocycles. The van der Waals surface area contributed by atoms with Crippen molar-refractivity contribution in [2.75, 3.05) is 13.1 Å². The van der Waals surface area contributed by atoms with E-state index in [-0.39, 0.29) is 34.7 Å². The predicted octanol–water partition coefficient (Wildman–Crippen LogP) is 6.64. The quantitative estimate of drug-likeness (QED) is 0.180. The van der Waals surface area contributed by atoms with Gasteiger partial charge in [0.1, 0.15) is 4.21 Å². The first kappa shape index (κ1) is 36.1. The predicted molar refractivity (Wildman–Crippen MR) is 177 cm³/mol. The van der Waals surface area contributed by atoms with E-state index in [0.29, 0.717) is 47.0 Å². The SMILES string of the molecule is CC(NC1CCN(S(=O)(=O)c2ccc(CNC(=O)c3ccc(Cl)cc3)s2)CC1)c1ccc(C(F)(F)F)cc1.NC(=O)c1ccccc1. The van der Waals surface area contributed by atoms with E-state index < -0.39 is 21.8 Å². The van der Waals surface area contributed by atoms with Crippen LogP contribution in [0.4, 0.5) is 13.2 Å². The number of alkyl halides is 3. The van der Waals surface area contributed by atoms with Crippen LogP contribution in [0.25, 0.3) is 0 Å². The fraction of sp³-hybridized carbons (Fsp3) is 0.273. The number of hydrogen-bond acceptors (Lipinski definition) is 6. The number of hydrogen-bond donors (Lipinski definition) is 3. The molecule has 1 aromatic heterocycles. The first-order chi connectivity index (χ1) is 22.2. The Morgan fingerprint density at radius 3 is 2.11 bits per heavy atom. The van der Waals surface area contributed by atoms with Gasteiger partial charge in [0, 0.05) is 46.2 Å². The fourth-order valence-corrected chi connectivity index (χ4v) is 7.91. The summed E-state index contributed by atoms with van der Waals surface area (Å²) in [4.78, 5) is 23.4. The van der Waals surface area contributed by atoms with E-state index in [1.165, 1.54) is 16.4 Å². The Morgan fingerprint density at radius 2 is 1.55 bits per heavy atom. The summed E-state index contributed by atoms with van der Waals surface area (Å²) in [6.07, 6.45) is -3.21. The number of piperidine rings is 1. The summed E-state index contributed by atoms with van der Waals surface area (Å²) in [5.41, 5.74) is 6.04. The van der Waals surface area contributed by atoms with Crippen molar-refractivity contribution in [2.24, 2.45) is 5.73 Å². The second kappa shape index (κ2) is 15.9. The van der Waals surface area contributed by atoms with Crippen molar-refractivity contribution in [1.29, 1.82) is 0 Å². The molecule has 250 valence electrons. The molecule has 1 aliphatic heterocycles. The standard InChI is InChI=1S/C26H27ClF3N3O3S2.C7H7NO/c1-17(18-2-6-20(7-3-18)26(28,29)30)32-22-12-14-33(15-13-22)38(35,36)24-11-10-23(37-24)16-31-25(34)19-4-8-21(27)9-5-19;8-7(9)6-4-2-1-3-5-6/h2-11,17,22,32H,12-16H2,1H3,(H,31,34);1-5H,(H2,8,9). The number of sulfonamides is 1. The molecule has 8 nitrogen and oxygen atoms in total. The zero-order valence-corrected chi connectivity index (χ0v) is 27.7. The third-order valence-corrected chi connectivity index (χ3v) is 11.2. The second-order valence-corrected chi connectivity index (χ2v) is 14.6. The lowest BCUT2D eigenvalue weighted by Crippen LogP contribution is -2.45. The van der Waals surface area contributed by atoms with Crippen LogP contribution in [-0.2, 0) is 22.7 Å². The van der Waals surface area contributed by atoms with Crippen LogP contribution in [0.5, 0.6) is 0 Å². The van der Waals surface area contributed by atoms with Gasteiger partial charge in [-0.15, -0.1) is 11.3 Å². The summed E-state index contributed by atoms with van der Waals surface area (Å²) in [6.45, 7) is 2.75. The van der Waals surface area contributed by atoms with Gasteiger partial charge in [0.25, 0.3) is 15.9 Å². The maximum atomic E-state index is 13.2. The van der Waals surface area contributed by atoms with Gasteiger partial charge in [-0.3, -0.25) is 9.59 Å². The van der Waals surface area contributed by atoms with E-state index in [2.05, 4.69) is 10.6 Å². The molecule has 5 rings (SSSR count). The Morgan fingerprint density at radius 1 is 0.936 bits per heavy atom. The van der Waals surface area contributed by atoms with E-state index in [4.69, 9.17) is 17.3 Å². The Hall–Kier alpha value is -3.75. The minimum absolute atomic E-state index is 0.0423. The van der Waals surface area contributed by atoms with E-state index in [1.54, 1.807) is 60.7 Å². The number of nitrogens with one attached hydrogen (secondary N) is 2. The zero-order chi connectivity index (χ0) is 34.2. The molecule has 1 aliphatic rings. The van der Waals surface area contributed by atoms with E-state index >= 15 is 0 Å². The molecule has 4 N–H and O–H groups in total. The minimum Gasteiger partial charge on any atom is -0.366 e. The molecule has 0 aliphatic carbocycles. The monoisotopic (exact) mass is 706 g/mol. The number of primary amides is 1. The average Bonchev–Trinajstić information content (AvgIpc) is 3.55. The largest absolute Gasteiger partial charge is 0.416 e. The number of thiophene rings is 1. The van der Waals surface area contributed by atoms with Gasteiger partial charge in [0.15, 0.2) is 0 Å². The maximum Gasteiger partial charge on any atom is 0.416 e. The van der Waals surface area contributed by atoms with Crippen LogP contribution in [-0.4, -0.2) is 43.7 Å². The van der Waals surface area contributed by atoms with E-state index in [0.717, 1.165) is 29.0 Å². The molecule has 2 amide bonds. The first-order valence-electron chi connectivity index (χ1n) is 14.6. The first-order valence-corrected chi connectivity index (χ1v) is 17.3. The molecule has 3 aromatic carbocycles. The average molecular weight is 707 g/mol. The van der Waals surface area contributed by atoms with E-state index in [9.17, 15) is 31.2 Å². The molecule has 1 unspecified atom stereocenters. The van der Waals surface area contributed by atoms with Crippen molar-refractivity contribution >= 4 is 44.8 Å². The molecule has 0 bridgehead atoms. The lowest BCUT2D eigenvalue weighted by molar-refractivity contribution is -0.137. The molecule has 0 spiro atoms. The fourth-order valence-electron chi connectivity index (χ4n) is 4.87. The third-order valence-electron chi connectivity index (χ3n) is 7.50. The Bertz CT molecular complexity index is 1740. The smallest absolute Gasteiger partial charge is 0.366 e. The summed E-state index contributed by atoms with van der Waals surface area (Å²) in [5.74, 6) is -0.657. The molecule has 2 heterocycles. The summed E-state index contributed by atoms with van der Waals surface area (Å²) < 4.78 is 66.5. The molecule has 14 heteroatoms. The molecular weight excluding hydrogens is 673 g/mol. The van der Waals surface area contributed by atoms with Crippen LogP contribution in [0.2, 0.25) is 5.02 Å². The van der Waals surface area contributed by atoms with Crippen LogP contribution in [0.1, 0.15) is 62.5 Å². The second-order valence-electron chi connectivity index (χ2n) is 10.8. The van der Waals surface area contributed by atoms with Gasteiger partial charge >= 0.3 is 6.18 Å². The van der Waals surface area contributed by atoms with Crippen LogP contribution in [0.15, 0.2) is 95.2 Å². The number of rotatable bonds is 9. The minimum atomic E-state index is -4.37. The van der Waals surface area contributed by atoms with Crippen molar-refractivity contribution in [2.45, 2.75) is 48.8 Å². The summed E-state index contributed by atoms with van der Waals surface area (Å²) in [6, 6.07) is 23.4. The summed E-state index contributed by atoms with van der Waals surface area (Å²) in [7, 11) is -3.67. The zero-order valence-electron chi connectivity index (χ0n) is 25.3. The van der Waals surface area contributed by atoms with Gasteiger partial charge in [-0.2, -0.15) is 17.5 Å². The topological polar surface area (TPSA) is 122 Å². The summed E-state index contributed by atoms with van der Waals surface area (Å²) >= 11 is 6.97. The van der Waals surface area contributed by atoms with E-state index in [1.807, 2.05) is 13.0 Å². The van der Waals surface area contributed by atoms with Gasteiger partial charge in [0.05, 0.1) is 12.1 Å². The van der Waals surface area contributed by atoms with Crippen molar-refractivity contribution in [3.63, 3.8) is 0 Å². The molecule has 47 heavy (non-hydrogen) atoms. The van der Waals surface area contributed by atoms with Crippen molar-refractivity contribution in [3.8, 4) is 0 Å². The normalized spacial score (nSPS) is 14.9. The highest BCUT2D eigenvalue weighted by Crippen LogP contribution is 2.31. The van der Waals surface area contributed by atoms with Crippen LogP contribution in [0.3, 0.4) is 0 Å². The lowest BCUT2D eigenvalue weighted by atomic mass is 10.0. The highest BCUT2D eigenvalue weighted by Gasteiger charge is 2.32. The Balaban J connectivity index is 0.000000479. The van der Waals surface area contributed by atoms with Crippen molar-refractivity contribution in [1.82, 2.24) is 14.9 Å². The van der Waals surface area contributed by atoms with Gasteiger partial charge in [0.2, 0.25) is 5.91 Å². The Kier molecular flexibility index (Phi) is 12.2. The number of halogens is 4. The third kappa shape index (κ3) is 10.1. The molecule has 0 saturated carbocycles.